The number of benzene rings is 2. The fraction of sp³-hybridized carbons (Fsp3) is 0.409. The number of amides is 1. The number of sulfonamides is 1. The topological polar surface area (TPSA) is 73.0 Å². The van der Waals surface area contributed by atoms with Gasteiger partial charge in [0.1, 0.15) is 6.04 Å². The highest BCUT2D eigenvalue weighted by Crippen LogP contribution is 2.25. The van der Waals surface area contributed by atoms with Crippen LogP contribution < -0.4 is 14.5 Å². The second-order valence-electron chi connectivity index (χ2n) is 7.80. The first-order chi connectivity index (χ1) is 14.4. The van der Waals surface area contributed by atoms with Crippen LogP contribution in [-0.4, -0.2) is 63.7 Å². The smallest absolute Gasteiger partial charge is 0.244 e. The zero-order valence-corrected chi connectivity index (χ0v) is 18.0. The van der Waals surface area contributed by atoms with Crippen LogP contribution in [0.1, 0.15) is 13.3 Å². The Morgan fingerprint density at radius 2 is 1.57 bits per heavy atom. The maximum Gasteiger partial charge on any atom is 0.244 e. The number of carbonyl (C=O) groups is 1. The summed E-state index contributed by atoms with van der Waals surface area (Å²) in [6, 6.07) is 17.2. The minimum Gasteiger partial charge on any atom is -0.374 e. The number of para-hydroxylation sites is 1. The van der Waals surface area contributed by atoms with E-state index in [0.717, 1.165) is 18.8 Å². The molecule has 4 rings (SSSR count). The quantitative estimate of drug-likeness (QED) is 0.792. The summed E-state index contributed by atoms with van der Waals surface area (Å²) in [7, 11) is -3.18. The van der Waals surface area contributed by atoms with Crippen LogP contribution in [-0.2, 0) is 14.8 Å². The van der Waals surface area contributed by atoms with Crippen molar-refractivity contribution in [3.8, 4) is 0 Å². The van der Waals surface area contributed by atoms with Crippen molar-refractivity contribution in [2.75, 3.05) is 53.0 Å². The molecule has 2 aliphatic rings. The van der Waals surface area contributed by atoms with Gasteiger partial charge in [-0.15, -0.1) is 0 Å². The summed E-state index contributed by atoms with van der Waals surface area (Å²) < 4.78 is 25.6. The lowest BCUT2D eigenvalue weighted by molar-refractivity contribution is -0.131. The first-order valence-electron chi connectivity index (χ1n) is 10.4. The molecule has 8 heteroatoms. The third kappa shape index (κ3) is 4.38. The van der Waals surface area contributed by atoms with Gasteiger partial charge in [0, 0.05) is 44.1 Å². The van der Waals surface area contributed by atoms with E-state index >= 15 is 0 Å². The molecule has 0 radical (unpaired) electrons. The lowest BCUT2D eigenvalue weighted by atomic mass is 10.2. The van der Waals surface area contributed by atoms with Crippen LogP contribution in [0.3, 0.4) is 0 Å². The second-order valence-corrected chi connectivity index (χ2v) is 9.82. The van der Waals surface area contributed by atoms with Gasteiger partial charge in [0.25, 0.3) is 0 Å². The number of rotatable bonds is 5. The number of nitrogens with zero attached hydrogens (tertiary/aromatic N) is 3. The van der Waals surface area contributed by atoms with Crippen molar-refractivity contribution < 1.29 is 13.2 Å². The predicted octanol–water partition coefficient (Wildman–Crippen LogP) is 2.38. The largest absolute Gasteiger partial charge is 0.374 e. The molecular weight excluding hydrogens is 400 g/mol. The summed E-state index contributed by atoms with van der Waals surface area (Å²) in [4.78, 5) is 17.1. The van der Waals surface area contributed by atoms with Crippen LogP contribution in [0.4, 0.5) is 17.1 Å². The second kappa shape index (κ2) is 8.55. The maximum absolute atomic E-state index is 12.9. The molecule has 2 fully saturated rings. The fourth-order valence-electron chi connectivity index (χ4n) is 4.06. The number of hydrogen-bond donors (Lipinski definition) is 1. The molecule has 2 heterocycles. The third-order valence-corrected chi connectivity index (χ3v) is 7.59. The van der Waals surface area contributed by atoms with Crippen molar-refractivity contribution >= 4 is 33.0 Å². The van der Waals surface area contributed by atoms with E-state index in [0.29, 0.717) is 31.7 Å². The monoisotopic (exact) mass is 428 g/mol. The molecule has 0 bridgehead atoms. The van der Waals surface area contributed by atoms with Gasteiger partial charge in [-0.3, -0.25) is 9.10 Å². The van der Waals surface area contributed by atoms with E-state index in [1.165, 1.54) is 9.99 Å². The molecule has 0 aromatic heterocycles. The van der Waals surface area contributed by atoms with Gasteiger partial charge in [0.2, 0.25) is 15.9 Å². The zero-order chi connectivity index (χ0) is 21.1. The van der Waals surface area contributed by atoms with Crippen molar-refractivity contribution in [3.05, 3.63) is 54.6 Å². The van der Waals surface area contributed by atoms with Crippen LogP contribution >= 0.6 is 0 Å². The third-order valence-electron chi connectivity index (χ3n) is 5.72. The molecule has 2 saturated heterocycles. The number of hydrogen-bond acceptors (Lipinski definition) is 5. The van der Waals surface area contributed by atoms with Gasteiger partial charge < -0.3 is 15.1 Å². The van der Waals surface area contributed by atoms with Crippen LogP contribution in [0.5, 0.6) is 0 Å². The van der Waals surface area contributed by atoms with Crippen LogP contribution in [0.15, 0.2) is 54.6 Å². The Morgan fingerprint density at radius 3 is 2.17 bits per heavy atom. The molecule has 30 heavy (non-hydrogen) atoms. The van der Waals surface area contributed by atoms with E-state index in [4.69, 9.17) is 0 Å². The molecule has 1 amide bonds. The Labute approximate surface area is 178 Å². The highest BCUT2D eigenvalue weighted by molar-refractivity contribution is 7.93. The fourth-order valence-corrected chi connectivity index (χ4v) is 5.63. The Balaban J connectivity index is 1.32. The minimum absolute atomic E-state index is 0.0777. The van der Waals surface area contributed by atoms with Crippen molar-refractivity contribution in [1.82, 2.24) is 4.90 Å². The molecule has 2 aromatic carbocycles. The molecule has 0 saturated carbocycles. The van der Waals surface area contributed by atoms with E-state index < -0.39 is 10.0 Å². The summed E-state index contributed by atoms with van der Waals surface area (Å²) in [5, 5.41) is 3.25. The predicted molar refractivity (Wildman–Crippen MR) is 121 cm³/mol. The van der Waals surface area contributed by atoms with E-state index in [-0.39, 0.29) is 17.7 Å². The van der Waals surface area contributed by atoms with E-state index in [9.17, 15) is 13.2 Å². The van der Waals surface area contributed by atoms with Gasteiger partial charge in [0.15, 0.2) is 0 Å². The number of nitrogens with one attached hydrogen (secondary N) is 1. The van der Waals surface area contributed by atoms with E-state index in [1.807, 2.05) is 42.2 Å². The molecular formula is C22H28N4O3S. The Bertz CT molecular complexity index is 971. The Morgan fingerprint density at radius 1 is 0.900 bits per heavy atom. The van der Waals surface area contributed by atoms with Gasteiger partial charge in [-0.1, -0.05) is 18.2 Å². The first-order valence-corrected chi connectivity index (χ1v) is 12.0. The number of carbonyl (C=O) groups excluding carboxylic acids is 1. The Hall–Kier alpha value is -2.74. The molecule has 0 spiro atoms. The first kappa shape index (κ1) is 20.5. The van der Waals surface area contributed by atoms with Crippen molar-refractivity contribution in [2.45, 2.75) is 19.4 Å². The summed E-state index contributed by atoms with van der Waals surface area (Å²) >= 11 is 0. The molecule has 0 aliphatic carbocycles. The summed E-state index contributed by atoms with van der Waals surface area (Å²) in [5.41, 5.74) is 2.67. The summed E-state index contributed by atoms with van der Waals surface area (Å²) in [5.74, 6) is 0.282. The average Bonchev–Trinajstić information content (AvgIpc) is 3.13. The normalized spacial score (nSPS) is 19.6. The molecule has 2 aromatic rings. The molecule has 1 N–H and O–H groups in total. The maximum atomic E-state index is 12.9. The lowest BCUT2D eigenvalue weighted by Crippen LogP contribution is -2.52. The van der Waals surface area contributed by atoms with Crippen molar-refractivity contribution in [3.63, 3.8) is 0 Å². The Kier molecular flexibility index (Phi) is 5.85. The van der Waals surface area contributed by atoms with Crippen LogP contribution in [0.25, 0.3) is 0 Å². The molecule has 2 aliphatic heterocycles. The molecule has 160 valence electrons. The number of anilines is 3. The van der Waals surface area contributed by atoms with E-state index in [2.05, 4.69) is 22.3 Å². The summed E-state index contributed by atoms with van der Waals surface area (Å²) in [6.07, 6.45) is 0.658. The van der Waals surface area contributed by atoms with Gasteiger partial charge in [0.05, 0.1) is 11.4 Å². The zero-order valence-electron chi connectivity index (χ0n) is 17.2. The van der Waals surface area contributed by atoms with E-state index in [1.54, 1.807) is 12.1 Å². The average molecular weight is 429 g/mol. The standard InChI is InChI=1S/C22H28N4O3S/c1-18(22(27)25-15-13-24(14-16-25)20-6-3-2-4-7-20)23-19-8-10-21(11-9-19)26-12-5-17-30(26,28)29/h2-4,6-11,18,23H,5,12-17H2,1H3. The SMILES string of the molecule is CC(Nc1ccc(N2CCCS2(=O)=O)cc1)C(=O)N1CCN(c2ccccc2)CC1. The van der Waals surface area contributed by atoms with Crippen molar-refractivity contribution in [1.29, 1.82) is 0 Å². The van der Waals surface area contributed by atoms with Gasteiger partial charge in [-0.05, 0) is 49.7 Å². The molecule has 1 unspecified atom stereocenters. The molecule has 1 atom stereocenters. The molecule has 7 nitrogen and oxygen atoms in total. The van der Waals surface area contributed by atoms with Gasteiger partial charge in [-0.25, -0.2) is 8.42 Å². The van der Waals surface area contributed by atoms with Crippen molar-refractivity contribution in [2.24, 2.45) is 0 Å². The lowest BCUT2D eigenvalue weighted by Gasteiger charge is -2.37. The number of piperazine rings is 1. The van der Waals surface area contributed by atoms with Gasteiger partial charge in [-0.2, -0.15) is 0 Å². The van der Waals surface area contributed by atoms with Crippen LogP contribution in [0, 0.1) is 0 Å². The van der Waals surface area contributed by atoms with Gasteiger partial charge >= 0.3 is 0 Å². The highest BCUT2D eigenvalue weighted by Gasteiger charge is 2.28. The highest BCUT2D eigenvalue weighted by atomic mass is 32.2. The minimum atomic E-state index is -3.18. The summed E-state index contributed by atoms with van der Waals surface area (Å²) in [6.45, 7) is 5.43. The van der Waals surface area contributed by atoms with Crippen LogP contribution in [0.2, 0.25) is 0 Å².